The van der Waals surface area contributed by atoms with Gasteiger partial charge in [0.05, 0.1) is 29.5 Å². The number of hydrogen-bond acceptors (Lipinski definition) is 6. The Kier molecular flexibility index (Phi) is 5.31. The fraction of sp³-hybridized carbons (Fsp3) is 0.750. The molecule has 23 heavy (non-hydrogen) atoms. The number of carbonyl (C=O) groups is 2. The summed E-state index contributed by atoms with van der Waals surface area (Å²) in [5.41, 5.74) is -0.428. The van der Waals surface area contributed by atoms with Gasteiger partial charge >= 0.3 is 0 Å². The van der Waals surface area contributed by atoms with E-state index in [1.807, 2.05) is 18.5 Å². The standard InChI is InChI=1S/C16H27N5O2/c1-12(22)15(2)7-5-6-8-21-13(10-19-20-21)9-16(3,17-4)14(23)11-18-15/h10,17-18H,5-9,11H2,1-4H3/t15-,16-/m0/s1. The van der Waals surface area contributed by atoms with Crippen LogP contribution in [0.25, 0.3) is 0 Å². The number of ketones is 2. The highest BCUT2D eigenvalue weighted by Crippen LogP contribution is 2.19. The normalized spacial score (nSPS) is 30.2. The number of hydrogen-bond donors (Lipinski definition) is 2. The van der Waals surface area contributed by atoms with Gasteiger partial charge in [-0.1, -0.05) is 5.21 Å². The lowest BCUT2D eigenvalue weighted by atomic mass is 9.87. The fourth-order valence-corrected chi connectivity index (χ4v) is 2.89. The van der Waals surface area contributed by atoms with E-state index in [-0.39, 0.29) is 18.1 Å². The molecule has 1 aliphatic heterocycles. The third-order valence-electron chi connectivity index (χ3n) is 5.11. The molecule has 2 atom stereocenters. The average Bonchev–Trinajstić information content (AvgIpc) is 2.94. The van der Waals surface area contributed by atoms with Crippen LogP contribution in [0.15, 0.2) is 6.20 Å². The van der Waals surface area contributed by atoms with Gasteiger partial charge in [-0.25, -0.2) is 4.68 Å². The van der Waals surface area contributed by atoms with E-state index in [9.17, 15) is 9.59 Å². The minimum atomic E-state index is -0.719. The second-order valence-electron chi connectivity index (χ2n) is 6.83. The van der Waals surface area contributed by atoms with E-state index in [2.05, 4.69) is 20.9 Å². The molecule has 2 rings (SSSR count). The minimum Gasteiger partial charge on any atom is -0.308 e. The second kappa shape index (κ2) is 6.88. The van der Waals surface area contributed by atoms with Crippen LogP contribution in [-0.4, -0.2) is 51.2 Å². The van der Waals surface area contributed by atoms with E-state index in [1.54, 1.807) is 20.2 Å². The number of Topliss-reactive ketones (excluding diaryl/α,β-unsaturated/α-hetero) is 2. The van der Waals surface area contributed by atoms with Crippen molar-refractivity contribution in [1.82, 2.24) is 25.6 Å². The van der Waals surface area contributed by atoms with Gasteiger partial charge in [0.2, 0.25) is 0 Å². The van der Waals surface area contributed by atoms with Crippen molar-refractivity contribution in [2.24, 2.45) is 0 Å². The van der Waals surface area contributed by atoms with Gasteiger partial charge in [-0.3, -0.25) is 14.9 Å². The Morgan fingerprint density at radius 3 is 2.78 bits per heavy atom. The average molecular weight is 321 g/mol. The van der Waals surface area contributed by atoms with Crippen molar-refractivity contribution >= 4 is 11.6 Å². The first-order valence-electron chi connectivity index (χ1n) is 8.16. The highest BCUT2D eigenvalue weighted by atomic mass is 16.1. The van der Waals surface area contributed by atoms with Crippen LogP contribution in [0.1, 0.15) is 45.7 Å². The number of nitrogens with zero attached hydrogens (tertiary/aromatic N) is 3. The minimum absolute atomic E-state index is 0.0285. The van der Waals surface area contributed by atoms with Gasteiger partial charge < -0.3 is 5.32 Å². The topological polar surface area (TPSA) is 88.9 Å². The van der Waals surface area contributed by atoms with Crippen molar-refractivity contribution in [3.05, 3.63) is 11.9 Å². The van der Waals surface area contributed by atoms with Gasteiger partial charge in [-0.05, 0) is 47.1 Å². The molecule has 0 spiro atoms. The van der Waals surface area contributed by atoms with Gasteiger partial charge in [0.25, 0.3) is 0 Å². The Bertz CT molecular complexity index is 585. The SMILES string of the molecule is CN[C@@]1(C)Cc2cnnn2CCCC[C@@](C)(C(C)=O)NCC1=O. The summed E-state index contributed by atoms with van der Waals surface area (Å²) >= 11 is 0. The summed E-state index contributed by atoms with van der Waals surface area (Å²) in [5.74, 6) is 0.0933. The quantitative estimate of drug-likeness (QED) is 0.824. The number of nitrogens with one attached hydrogen (secondary N) is 2. The van der Waals surface area contributed by atoms with Gasteiger partial charge in [-0.15, -0.1) is 5.10 Å². The Morgan fingerprint density at radius 1 is 1.39 bits per heavy atom. The summed E-state index contributed by atoms with van der Waals surface area (Å²) in [6.45, 7) is 6.25. The molecule has 0 unspecified atom stereocenters. The third kappa shape index (κ3) is 3.84. The maximum Gasteiger partial charge on any atom is 0.166 e. The predicted octanol–water partition coefficient (Wildman–Crippen LogP) is 0.489. The van der Waals surface area contributed by atoms with Gasteiger partial charge in [-0.2, -0.15) is 0 Å². The molecule has 0 aliphatic carbocycles. The zero-order valence-electron chi connectivity index (χ0n) is 14.5. The molecule has 1 aliphatic rings. The van der Waals surface area contributed by atoms with Crippen molar-refractivity contribution in [2.75, 3.05) is 13.6 Å². The number of carbonyl (C=O) groups excluding carboxylic acids is 2. The Hall–Kier alpha value is -1.60. The maximum absolute atomic E-state index is 12.7. The Morgan fingerprint density at radius 2 is 2.13 bits per heavy atom. The number of aryl methyl sites for hydroxylation is 1. The largest absolute Gasteiger partial charge is 0.308 e. The Labute approximate surface area is 137 Å². The number of aromatic nitrogens is 3. The van der Waals surface area contributed by atoms with Crippen LogP contribution in [0.5, 0.6) is 0 Å². The van der Waals surface area contributed by atoms with Crippen molar-refractivity contribution in [2.45, 2.75) is 64.1 Å². The molecular weight excluding hydrogens is 294 g/mol. The molecule has 2 N–H and O–H groups in total. The fourth-order valence-electron chi connectivity index (χ4n) is 2.89. The molecule has 128 valence electrons. The molecule has 2 heterocycles. The number of rotatable bonds is 2. The zero-order chi connectivity index (χ0) is 17.1. The smallest absolute Gasteiger partial charge is 0.166 e. The first-order valence-corrected chi connectivity index (χ1v) is 8.16. The molecule has 0 saturated carbocycles. The van der Waals surface area contributed by atoms with Crippen molar-refractivity contribution < 1.29 is 9.59 Å². The van der Waals surface area contributed by atoms with E-state index < -0.39 is 11.1 Å². The summed E-state index contributed by atoms with van der Waals surface area (Å²) < 4.78 is 1.86. The lowest BCUT2D eigenvalue weighted by Crippen LogP contribution is -2.57. The Balaban J connectivity index is 2.30. The first kappa shape index (κ1) is 17.7. The summed E-state index contributed by atoms with van der Waals surface area (Å²) in [7, 11) is 1.78. The monoisotopic (exact) mass is 321 g/mol. The molecule has 0 saturated heterocycles. The van der Waals surface area contributed by atoms with Crippen molar-refractivity contribution in [3.63, 3.8) is 0 Å². The van der Waals surface area contributed by atoms with Crippen LogP contribution in [-0.2, 0) is 22.6 Å². The summed E-state index contributed by atoms with van der Waals surface area (Å²) in [6.07, 6.45) is 4.76. The molecule has 0 aromatic carbocycles. The predicted molar refractivity (Wildman–Crippen MR) is 87.1 cm³/mol. The molecular formula is C16H27N5O2. The van der Waals surface area contributed by atoms with Crippen molar-refractivity contribution in [3.8, 4) is 0 Å². The van der Waals surface area contributed by atoms with E-state index in [0.717, 1.165) is 25.1 Å². The molecule has 7 heteroatoms. The van der Waals surface area contributed by atoms with E-state index in [0.29, 0.717) is 12.8 Å². The summed E-state index contributed by atoms with van der Waals surface area (Å²) in [6, 6.07) is 0. The zero-order valence-corrected chi connectivity index (χ0v) is 14.5. The molecule has 0 fully saturated rings. The van der Waals surface area contributed by atoms with Gasteiger partial charge in [0.1, 0.15) is 5.78 Å². The third-order valence-corrected chi connectivity index (χ3v) is 5.11. The van der Waals surface area contributed by atoms with Gasteiger partial charge in [0, 0.05) is 13.0 Å². The van der Waals surface area contributed by atoms with Crippen LogP contribution in [0.2, 0.25) is 0 Å². The lowest BCUT2D eigenvalue weighted by molar-refractivity contribution is -0.126. The van der Waals surface area contributed by atoms with Crippen LogP contribution >= 0.6 is 0 Å². The summed E-state index contributed by atoms with van der Waals surface area (Å²) in [5, 5.41) is 14.4. The van der Waals surface area contributed by atoms with Crippen LogP contribution in [0.3, 0.4) is 0 Å². The molecule has 0 amide bonds. The molecule has 0 bridgehead atoms. The van der Waals surface area contributed by atoms with Crippen LogP contribution < -0.4 is 10.6 Å². The van der Waals surface area contributed by atoms with Crippen LogP contribution in [0, 0.1) is 0 Å². The van der Waals surface area contributed by atoms with E-state index >= 15 is 0 Å². The van der Waals surface area contributed by atoms with E-state index in [4.69, 9.17) is 0 Å². The van der Waals surface area contributed by atoms with E-state index in [1.165, 1.54) is 0 Å². The number of likely N-dealkylation sites (N-methyl/N-ethyl adjacent to an activating group) is 1. The van der Waals surface area contributed by atoms with Crippen LogP contribution in [0.4, 0.5) is 0 Å². The molecule has 0 radical (unpaired) electrons. The molecule has 1 aromatic heterocycles. The summed E-state index contributed by atoms with van der Waals surface area (Å²) in [4.78, 5) is 24.8. The molecule has 7 nitrogen and oxygen atoms in total. The number of fused-ring (bicyclic) bond motifs is 1. The lowest BCUT2D eigenvalue weighted by Gasteiger charge is -2.33. The highest BCUT2D eigenvalue weighted by Gasteiger charge is 2.36. The van der Waals surface area contributed by atoms with Crippen molar-refractivity contribution in [1.29, 1.82) is 0 Å². The van der Waals surface area contributed by atoms with Gasteiger partial charge in [0.15, 0.2) is 5.78 Å². The second-order valence-corrected chi connectivity index (χ2v) is 6.83. The first-order chi connectivity index (χ1) is 10.8. The molecule has 1 aromatic rings. The maximum atomic E-state index is 12.7. The highest BCUT2D eigenvalue weighted by molar-refractivity contribution is 5.91.